The van der Waals surface area contributed by atoms with Crippen molar-refractivity contribution in [1.29, 1.82) is 5.41 Å². The first-order chi connectivity index (χ1) is 8.56. The van der Waals surface area contributed by atoms with Gasteiger partial charge in [-0.05, 0) is 26.7 Å². The average molecular weight is 249 g/mol. The topological polar surface area (TPSA) is 70.9 Å². The molecule has 0 saturated heterocycles. The van der Waals surface area contributed by atoms with Gasteiger partial charge in [-0.2, -0.15) is 5.10 Å². The maximum absolute atomic E-state index is 7.77. The van der Waals surface area contributed by atoms with Gasteiger partial charge in [0.1, 0.15) is 11.7 Å². The van der Waals surface area contributed by atoms with E-state index in [1.165, 1.54) is 25.7 Å². The van der Waals surface area contributed by atoms with Gasteiger partial charge in [0, 0.05) is 19.6 Å². The summed E-state index contributed by atoms with van der Waals surface area (Å²) in [6.45, 7) is 5.01. The third-order valence-corrected chi connectivity index (χ3v) is 3.84. The summed E-state index contributed by atoms with van der Waals surface area (Å²) in [4.78, 5) is 2.36. The fourth-order valence-corrected chi connectivity index (χ4v) is 3.09. The van der Waals surface area contributed by atoms with Crippen molar-refractivity contribution in [3.8, 4) is 0 Å². The molecule has 5 heteroatoms. The number of aryl methyl sites for hydroxylation is 2. The highest BCUT2D eigenvalue weighted by molar-refractivity contribution is 6.01. The van der Waals surface area contributed by atoms with E-state index >= 15 is 0 Å². The van der Waals surface area contributed by atoms with Crippen LogP contribution in [0.2, 0.25) is 0 Å². The molecular weight excluding hydrogens is 226 g/mol. The summed E-state index contributed by atoms with van der Waals surface area (Å²) in [5, 5.41) is 12.2. The molecule has 2 rings (SSSR count). The van der Waals surface area contributed by atoms with E-state index in [-0.39, 0.29) is 5.84 Å². The number of hydrogen-bond donors (Lipinski definition) is 2. The fraction of sp³-hybridized carbons (Fsp3) is 0.692. The predicted molar refractivity (Wildman–Crippen MR) is 74.2 cm³/mol. The van der Waals surface area contributed by atoms with Crippen molar-refractivity contribution in [3.05, 3.63) is 11.3 Å². The van der Waals surface area contributed by atoms with E-state index in [4.69, 9.17) is 11.1 Å². The summed E-state index contributed by atoms with van der Waals surface area (Å²) < 4.78 is 1.87. The van der Waals surface area contributed by atoms with Crippen LogP contribution in [-0.4, -0.2) is 28.2 Å². The highest BCUT2D eigenvalue weighted by Gasteiger charge is 2.27. The second-order valence-corrected chi connectivity index (χ2v) is 5.05. The van der Waals surface area contributed by atoms with Gasteiger partial charge in [-0.3, -0.25) is 10.1 Å². The maximum Gasteiger partial charge on any atom is 0.138 e. The summed E-state index contributed by atoms with van der Waals surface area (Å²) in [6, 6.07) is 0.572. The molecule has 0 unspecified atom stereocenters. The molecule has 1 aromatic rings. The zero-order valence-corrected chi connectivity index (χ0v) is 11.5. The minimum Gasteiger partial charge on any atom is -0.384 e. The Bertz CT molecular complexity index is 442. The highest BCUT2D eigenvalue weighted by Crippen LogP contribution is 2.31. The molecule has 5 nitrogen and oxygen atoms in total. The Morgan fingerprint density at radius 1 is 1.50 bits per heavy atom. The van der Waals surface area contributed by atoms with Crippen molar-refractivity contribution in [2.24, 2.45) is 12.8 Å². The maximum atomic E-state index is 7.77. The lowest BCUT2D eigenvalue weighted by molar-refractivity contribution is 0.591. The van der Waals surface area contributed by atoms with Gasteiger partial charge in [0.15, 0.2) is 0 Å². The number of rotatable bonds is 4. The van der Waals surface area contributed by atoms with Gasteiger partial charge in [0.05, 0.1) is 11.3 Å². The molecule has 1 heterocycles. The smallest absolute Gasteiger partial charge is 0.138 e. The summed E-state index contributed by atoms with van der Waals surface area (Å²) in [6.07, 6.45) is 5.06. The van der Waals surface area contributed by atoms with E-state index in [0.29, 0.717) is 6.04 Å². The van der Waals surface area contributed by atoms with Crippen molar-refractivity contribution in [2.75, 3.05) is 11.4 Å². The molecule has 100 valence electrons. The lowest BCUT2D eigenvalue weighted by atomic mass is 10.1. The highest BCUT2D eigenvalue weighted by atomic mass is 15.4. The monoisotopic (exact) mass is 249 g/mol. The van der Waals surface area contributed by atoms with Crippen LogP contribution in [0.4, 0.5) is 5.82 Å². The van der Waals surface area contributed by atoms with Crippen LogP contribution in [0.15, 0.2) is 0 Å². The molecule has 0 aliphatic heterocycles. The van der Waals surface area contributed by atoms with Gasteiger partial charge >= 0.3 is 0 Å². The Balaban J connectivity index is 2.43. The van der Waals surface area contributed by atoms with Crippen LogP contribution in [0.3, 0.4) is 0 Å². The summed E-state index contributed by atoms with van der Waals surface area (Å²) >= 11 is 0. The number of nitrogen functional groups attached to an aromatic ring is 1. The fourth-order valence-electron chi connectivity index (χ4n) is 3.09. The van der Waals surface area contributed by atoms with Crippen LogP contribution in [0.5, 0.6) is 0 Å². The molecule has 18 heavy (non-hydrogen) atoms. The summed E-state index contributed by atoms with van der Waals surface area (Å²) in [5.41, 5.74) is 7.36. The molecule has 0 radical (unpaired) electrons. The lowest BCUT2D eigenvalue weighted by Crippen LogP contribution is -2.36. The minimum absolute atomic E-state index is 0.118. The molecule has 0 atom stereocenters. The third kappa shape index (κ3) is 2.09. The van der Waals surface area contributed by atoms with Gasteiger partial charge in [0.2, 0.25) is 0 Å². The molecule has 3 N–H and O–H groups in total. The lowest BCUT2D eigenvalue weighted by Gasteiger charge is -2.30. The molecule has 0 amide bonds. The van der Waals surface area contributed by atoms with Crippen molar-refractivity contribution in [3.63, 3.8) is 0 Å². The largest absolute Gasteiger partial charge is 0.384 e. The molecule has 0 spiro atoms. The van der Waals surface area contributed by atoms with Crippen LogP contribution in [0.1, 0.15) is 43.9 Å². The molecule has 1 aromatic heterocycles. The minimum atomic E-state index is 0.118. The van der Waals surface area contributed by atoms with Crippen LogP contribution in [-0.2, 0) is 7.05 Å². The summed E-state index contributed by atoms with van der Waals surface area (Å²) in [5.74, 6) is 1.13. The predicted octanol–water partition coefficient (Wildman–Crippen LogP) is 1.78. The van der Waals surface area contributed by atoms with Gasteiger partial charge in [-0.15, -0.1) is 0 Å². The number of nitrogens with zero attached hydrogens (tertiary/aromatic N) is 3. The number of nitrogens with two attached hydrogens (primary N) is 1. The van der Waals surface area contributed by atoms with E-state index in [9.17, 15) is 0 Å². The van der Waals surface area contributed by atoms with Crippen LogP contribution < -0.4 is 10.6 Å². The van der Waals surface area contributed by atoms with Gasteiger partial charge in [0.25, 0.3) is 0 Å². The second-order valence-electron chi connectivity index (χ2n) is 5.05. The molecule has 1 saturated carbocycles. The standard InChI is InChI=1S/C13H23N5/c1-4-18(10-7-5-6-8-10)13-11(12(14)15)9(2)16-17(13)3/h10H,4-8H2,1-3H3,(H3,14,15). The first-order valence-corrected chi connectivity index (χ1v) is 6.70. The van der Waals surface area contributed by atoms with Crippen molar-refractivity contribution >= 4 is 11.7 Å². The van der Waals surface area contributed by atoms with E-state index in [2.05, 4.69) is 16.9 Å². The van der Waals surface area contributed by atoms with Gasteiger partial charge < -0.3 is 10.6 Å². The normalized spacial score (nSPS) is 16.2. The van der Waals surface area contributed by atoms with Crippen LogP contribution in [0, 0.1) is 12.3 Å². The van der Waals surface area contributed by atoms with Crippen molar-refractivity contribution < 1.29 is 0 Å². The first-order valence-electron chi connectivity index (χ1n) is 6.70. The third-order valence-electron chi connectivity index (χ3n) is 3.84. The SMILES string of the molecule is CCN(c1c(C(=N)N)c(C)nn1C)C1CCCC1. The Hall–Kier alpha value is -1.52. The molecule has 1 fully saturated rings. The van der Waals surface area contributed by atoms with E-state index in [1.54, 1.807) is 0 Å². The Morgan fingerprint density at radius 3 is 2.61 bits per heavy atom. The van der Waals surface area contributed by atoms with E-state index in [1.807, 2.05) is 18.7 Å². The van der Waals surface area contributed by atoms with E-state index in [0.717, 1.165) is 23.6 Å². The molecular formula is C13H23N5. The quantitative estimate of drug-likeness (QED) is 0.631. The Kier molecular flexibility index (Phi) is 3.59. The zero-order valence-electron chi connectivity index (χ0n) is 11.5. The van der Waals surface area contributed by atoms with E-state index < -0.39 is 0 Å². The van der Waals surface area contributed by atoms with Crippen LogP contribution >= 0.6 is 0 Å². The Labute approximate surface area is 108 Å². The van der Waals surface area contributed by atoms with Crippen LogP contribution in [0.25, 0.3) is 0 Å². The average Bonchev–Trinajstić information content (AvgIpc) is 2.89. The van der Waals surface area contributed by atoms with Crippen molar-refractivity contribution in [1.82, 2.24) is 9.78 Å². The Morgan fingerprint density at radius 2 is 2.11 bits per heavy atom. The summed E-state index contributed by atoms with van der Waals surface area (Å²) in [7, 11) is 1.94. The number of hydrogen-bond acceptors (Lipinski definition) is 3. The molecule has 0 aromatic carbocycles. The first kappa shape index (κ1) is 12.9. The second kappa shape index (κ2) is 5.00. The molecule has 1 aliphatic rings. The molecule has 0 bridgehead atoms. The van der Waals surface area contributed by atoms with Crippen molar-refractivity contribution in [2.45, 2.75) is 45.6 Å². The zero-order chi connectivity index (χ0) is 13.3. The number of aromatic nitrogens is 2. The number of anilines is 1. The number of nitrogens with one attached hydrogen (secondary N) is 1. The van der Waals surface area contributed by atoms with Gasteiger partial charge in [-0.1, -0.05) is 12.8 Å². The van der Waals surface area contributed by atoms with Gasteiger partial charge in [-0.25, -0.2) is 0 Å². The number of amidine groups is 1. The molecule has 1 aliphatic carbocycles.